The Morgan fingerprint density at radius 2 is 1.67 bits per heavy atom. The number of amides is 1. The van der Waals surface area contributed by atoms with E-state index in [0.717, 1.165) is 42.4 Å². The van der Waals surface area contributed by atoms with E-state index < -0.39 is 28.8 Å². The van der Waals surface area contributed by atoms with Gasteiger partial charge in [0, 0.05) is 55.9 Å². The van der Waals surface area contributed by atoms with Gasteiger partial charge in [-0.05, 0) is 90.6 Å². The number of rotatable bonds is 24. The maximum atomic E-state index is 14.8. The van der Waals surface area contributed by atoms with Crippen molar-refractivity contribution in [2.45, 2.75) is 82.5 Å². The number of halogens is 1. The van der Waals surface area contributed by atoms with Gasteiger partial charge in [-0.25, -0.2) is 9.18 Å². The molecular weight excluding hydrogens is 862 g/mol. The number of unbranched alkanes of at least 4 members (excludes halogenated alkanes) is 2. The fraction of sp³-hybridized carbons (Fsp3) is 0.423. The summed E-state index contributed by atoms with van der Waals surface area (Å²) in [4.78, 5) is 32.7. The van der Waals surface area contributed by atoms with Gasteiger partial charge in [0.05, 0.1) is 36.4 Å². The SMILES string of the molecule is C=CCOC12Oc3ccc(OCc4ccccc4F)cc3C3C(CCCCO)C(CCCCO)C=C(C(=NOCc4ccc([N+](=O)[O-])cc4)CC1N(C)C(=O)OCCOCc1ccccc1)C32. The zero-order valence-corrected chi connectivity index (χ0v) is 37.9. The third kappa shape index (κ3) is 11.7. The molecule has 14 nitrogen and oxygen atoms in total. The lowest BCUT2D eigenvalue weighted by molar-refractivity contribution is -0.384. The summed E-state index contributed by atoms with van der Waals surface area (Å²) in [5.74, 6) is -1.85. The highest BCUT2D eigenvalue weighted by Crippen LogP contribution is 2.62. The van der Waals surface area contributed by atoms with E-state index in [9.17, 15) is 29.5 Å². The maximum absolute atomic E-state index is 14.8. The van der Waals surface area contributed by atoms with Crippen LogP contribution in [0.2, 0.25) is 0 Å². The van der Waals surface area contributed by atoms with Crippen LogP contribution in [0.25, 0.3) is 0 Å². The summed E-state index contributed by atoms with van der Waals surface area (Å²) in [5, 5.41) is 36.0. The minimum atomic E-state index is -1.52. The number of likely N-dealkylation sites (N-methyl/N-ethyl adjacent to an activating group) is 1. The third-order valence-electron chi connectivity index (χ3n) is 12.9. The number of non-ortho nitro benzene ring substituents is 1. The lowest BCUT2D eigenvalue weighted by atomic mass is 9.55. The van der Waals surface area contributed by atoms with Crippen molar-refractivity contribution in [3.05, 3.63) is 160 Å². The highest BCUT2D eigenvalue weighted by atomic mass is 19.1. The molecule has 0 aromatic heterocycles. The molecule has 1 saturated carbocycles. The van der Waals surface area contributed by atoms with E-state index in [-0.39, 0.29) is 81.9 Å². The largest absolute Gasteiger partial charge is 0.489 e. The molecule has 6 atom stereocenters. The Labute approximate surface area is 390 Å². The average Bonchev–Trinajstić information content (AvgIpc) is 3.34. The summed E-state index contributed by atoms with van der Waals surface area (Å²) in [7, 11) is 1.65. The number of nitro groups is 1. The third-order valence-corrected chi connectivity index (χ3v) is 12.9. The normalized spacial score (nSPS) is 22.1. The molecule has 2 N–H and O–H groups in total. The summed E-state index contributed by atoms with van der Waals surface area (Å²) < 4.78 is 46.9. The number of aliphatic hydroxyl groups excluding tert-OH is 2. The van der Waals surface area contributed by atoms with Crippen molar-refractivity contribution in [2.75, 3.05) is 40.1 Å². The molecule has 1 amide bonds. The summed E-state index contributed by atoms with van der Waals surface area (Å²) >= 11 is 0. The minimum absolute atomic E-state index is 0.00313. The molecule has 0 spiro atoms. The fourth-order valence-electron chi connectivity index (χ4n) is 9.67. The molecule has 1 heterocycles. The van der Waals surface area contributed by atoms with Crippen LogP contribution >= 0.6 is 0 Å². The van der Waals surface area contributed by atoms with Crippen LogP contribution in [0.1, 0.15) is 73.1 Å². The molecule has 2 aliphatic carbocycles. The van der Waals surface area contributed by atoms with Gasteiger partial charge >= 0.3 is 6.09 Å². The van der Waals surface area contributed by atoms with Gasteiger partial charge in [0.15, 0.2) is 0 Å². The predicted octanol–water partition coefficient (Wildman–Crippen LogP) is 9.43. The Morgan fingerprint density at radius 1 is 0.940 bits per heavy atom. The molecule has 0 bridgehead atoms. The number of benzene rings is 4. The molecule has 67 heavy (non-hydrogen) atoms. The Balaban J connectivity index is 1.31. The molecular formula is C52H60FN3O11. The van der Waals surface area contributed by atoms with Gasteiger partial charge < -0.3 is 43.6 Å². The van der Waals surface area contributed by atoms with Crippen LogP contribution in [-0.4, -0.2) is 83.8 Å². The van der Waals surface area contributed by atoms with Gasteiger partial charge in [0.2, 0.25) is 5.79 Å². The van der Waals surface area contributed by atoms with E-state index in [1.807, 2.05) is 42.5 Å². The molecule has 4 aromatic rings. The molecule has 15 heteroatoms. The lowest BCUT2D eigenvalue weighted by Gasteiger charge is -2.59. The lowest BCUT2D eigenvalue weighted by Crippen LogP contribution is -2.69. The highest BCUT2D eigenvalue weighted by Gasteiger charge is 2.65. The van der Waals surface area contributed by atoms with Gasteiger partial charge in [-0.15, -0.1) is 6.58 Å². The summed E-state index contributed by atoms with van der Waals surface area (Å²) in [6.45, 7) is 4.65. The van der Waals surface area contributed by atoms with Crippen molar-refractivity contribution >= 4 is 17.5 Å². The standard InChI is InChI=1S/C52H60FN3O11/c1-3-27-65-52-48(55(2)51(59)63-29-28-62-33-36-13-5-4-6-14-36)32-46(54-66-34-37-19-21-40(22-20-37)56(60)61)43-30-38(15-9-11-25-57)42(17-10-12-26-58)49(50(43)52)44-31-41(23-24-47(44)67-52)64-35-39-16-7-8-18-45(39)53/h3-8,13-14,16,18-24,30-31,38,42,48-50,57-58H,1,9-12,15,17,25-29,32-35H2,2H3. The Kier molecular flexibility index (Phi) is 17.1. The van der Waals surface area contributed by atoms with E-state index in [1.165, 1.54) is 23.1 Å². The molecule has 1 aliphatic heterocycles. The Morgan fingerprint density at radius 3 is 2.40 bits per heavy atom. The number of fused-ring (bicyclic) bond motifs is 2. The number of aliphatic hydroxyl groups is 2. The number of oxime groups is 1. The monoisotopic (exact) mass is 921 g/mol. The smallest absolute Gasteiger partial charge is 0.410 e. The number of hydrogen-bond donors (Lipinski definition) is 2. The van der Waals surface area contributed by atoms with Crippen molar-refractivity contribution in [1.29, 1.82) is 0 Å². The molecule has 4 aromatic carbocycles. The second-order valence-electron chi connectivity index (χ2n) is 17.1. The Bertz CT molecular complexity index is 2340. The van der Waals surface area contributed by atoms with Crippen LogP contribution in [0.3, 0.4) is 0 Å². The van der Waals surface area contributed by atoms with E-state index in [4.69, 9.17) is 33.7 Å². The number of nitro benzene ring substituents is 1. The molecule has 356 valence electrons. The fourth-order valence-corrected chi connectivity index (χ4v) is 9.67. The first-order valence-corrected chi connectivity index (χ1v) is 23.0. The van der Waals surface area contributed by atoms with Crippen LogP contribution in [-0.2, 0) is 38.9 Å². The first kappa shape index (κ1) is 48.8. The topological polar surface area (TPSA) is 172 Å². The minimum Gasteiger partial charge on any atom is -0.489 e. The molecule has 6 unspecified atom stereocenters. The van der Waals surface area contributed by atoms with Crippen LogP contribution in [0.4, 0.5) is 14.9 Å². The number of carbonyl (C=O) groups excluding carboxylic acids is 1. The van der Waals surface area contributed by atoms with Crippen LogP contribution < -0.4 is 9.47 Å². The van der Waals surface area contributed by atoms with E-state index in [1.54, 1.807) is 49.5 Å². The van der Waals surface area contributed by atoms with Crippen molar-refractivity contribution in [2.24, 2.45) is 22.9 Å². The number of carbonyl (C=O) groups is 1. The number of ether oxygens (including phenoxy) is 5. The number of nitrogens with zero attached hydrogens (tertiary/aromatic N) is 3. The maximum Gasteiger partial charge on any atom is 0.410 e. The molecule has 7 rings (SSSR count). The first-order valence-electron chi connectivity index (χ1n) is 23.0. The van der Waals surface area contributed by atoms with Crippen LogP contribution in [0, 0.1) is 33.7 Å². The second kappa shape index (κ2) is 23.5. The zero-order chi connectivity index (χ0) is 47.2. The first-order chi connectivity index (χ1) is 32.7. The van der Waals surface area contributed by atoms with Gasteiger partial charge in [-0.2, -0.15) is 0 Å². The zero-order valence-electron chi connectivity index (χ0n) is 37.9. The van der Waals surface area contributed by atoms with E-state index >= 15 is 0 Å². The van der Waals surface area contributed by atoms with Gasteiger partial charge in [-0.3, -0.25) is 10.1 Å². The molecule has 1 fully saturated rings. The van der Waals surface area contributed by atoms with E-state index in [0.29, 0.717) is 47.8 Å². The van der Waals surface area contributed by atoms with Crippen molar-refractivity contribution < 1.29 is 52.8 Å². The highest BCUT2D eigenvalue weighted by molar-refractivity contribution is 6.03. The molecule has 3 aliphatic rings. The average molecular weight is 922 g/mol. The second-order valence-corrected chi connectivity index (χ2v) is 17.1. The van der Waals surface area contributed by atoms with Gasteiger partial charge in [0.25, 0.3) is 5.69 Å². The Hall–Kier alpha value is -6.13. The summed E-state index contributed by atoms with van der Waals surface area (Å²) in [5.41, 5.74) is 4.24. The number of hydrogen-bond acceptors (Lipinski definition) is 12. The quantitative estimate of drug-likeness (QED) is 0.0297. The molecule has 0 radical (unpaired) electrons. The van der Waals surface area contributed by atoms with Gasteiger partial charge in [-0.1, -0.05) is 78.7 Å². The number of allylic oxidation sites excluding steroid dienone is 1. The van der Waals surface area contributed by atoms with E-state index in [2.05, 4.69) is 12.7 Å². The summed E-state index contributed by atoms with van der Waals surface area (Å²) in [6, 6.07) is 26.9. The van der Waals surface area contributed by atoms with Gasteiger partial charge in [0.1, 0.15) is 43.2 Å². The van der Waals surface area contributed by atoms with Crippen molar-refractivity contribution in [1.82, 2.24) is 4.90 Å². The van der Waals surface area contributed by atoms with Crippen LogP contribution in [0.5, 0.6) is 11.5 Å². The van der Waals surface area contributed by atoms with Crippen molar-refractivity contribution in [3.63, 3.8) is 0 Å². The molecule has 0 saturated heterocycles. The van der Waals surface area contributed by atoms with Crippen LogP contribution in [0.15, 0.2) is 127 Å². The van der Waals surface area contributed by atoms with Crippen molar-refractivity contribution in [3.8, 4) is 11.5 Å². The summed E-state index contributed by atoms with van der Waals surface area (Å²) in [6.07, 6.45) is 7.52. The predicted molar refractivity (Wildman–Crippen MR) is 249 cm³/mol.